The van der Waals surface area contributed by atoms with Crippen LogP contribution in [0.1, 0.15) is 111 Å². The molecule has 4 aliphatic rings. The van der Waals surface area contributed by atoms with Crippen molar-refractivity contribution < 1.29 is 86.3 Å². The maximum Gasteiger partial charge on any atom is -1.00 e. The van der Waals surface area contributed by atoms with E-state index in [0.29, 0.717) is 11.8 Å². The first-order chi connectivity index (χ1) is 20.8. The summed E-state index contributed by atoms with van der Waals surface area (Å²) < 4.78 is 3.76. The van der Waals surface area contributed by atoms with Crippen LogP contribution in [0.5, 0.6) is 0 Å². The Kier molecular flexibility index (Phi) is 17.6. The molecule has 4 rings (SSSR count). The van der Waals surface area contributed by atoms with E-state index in [-0.39, 0.29) is 55.7 Å². The molecule has 4 unspecified atom stereocenters. The fraction of sp³-hybridized carbons (Fsp3) is 0.550. The third-order valence-electron chi connectivity index (χ3n) is 9.95. The monoisotopic (exact) mass is 835 g/mol. The second kappa shape index (κ2) is 17.5. The number of allylic oxidation sites excluding steroid dienone is 16. The van der Waals surface area contributed by atoms with Gasteiger partial charge in [-0.2, -0.15) is 0 Å². The van der Waals surface area contributed by atoms with Crippen molar-refractivity contribution in [2.24, 2.45) is 11.8 Å². The summed E-state index contributed by atoms with van der Waals surface area (Å²) in [6, 6.07) is 0. The van der Waals surface area contributed by atoms with Gasteiger partial charge in [0.15, 0.2) is 0 Å². The van der Waals surface area contributed by atoms with Crippen LogP contribution < -0.4 is 37.2 Å². The summed E-state index contributed by atoms with van der Waals surface area (Å²) in [6.07, 6.45) is 13.9. The second-order valence-corrected chi connectivity index (χ2v) is 19.0. The normalized spacial score (nSPS) is 29.1. The molecule has 267 valence electrons. The van der Waals surface area contributed by atoms with Gasteiger partial charge >= 0.3 is 317 Å². The molecule has 9 heteroatoms. The van der Waals surface area contributed by atoms with Gasteiger partial charge < -0.3 is 37.2 Å². The summed E-state index contributed by atoms with van der Waals surface area (Å²) in [6.45, 7) is 35.3. The van der Waals surface area contributed by atoms with E-state index in [1.807, 2.05) is 8.19 Å². The van der Waals surface area contributed by atoms with Crippen LogP contribution in [0.15, 0.2) is 92.2 Å². The van der Waals surface area contributed by atoms with E-state index in [4.69, 9.17) is 23.6 Å². The van der Waals surface area contributed by atoms with E-state index < -0.39 is 0 Å². The molecule has 49 heavy (non-hydrogen) atoms. The number of rotatable bonds is 2. The quantitative estimate of drug-likeness (QED) is 0.299. The van der Waals surface area contributed by atoms with E-state index in [2.05, 4.69) is 188 Å². The third kappa shape index (κ3) is 9.45. The Bertz CT molecular complexity index is 1530. The van der Waals surface area contributed by atoms with Gasteiger partial charge in [0.05, 0.1) is 0 Å². The van der Waals surface area contributed by atoms with Crippen molar-refractivity contribution in [2.45, 2.75) is 129 Å². The molecule has 0 aromatic heterocycles. The molecule has 0 aromatic rings. The average Bonchev–Trinajstić information content (AvgIpc) is 3.24. The standard InChI is InChI=1S/2C20H28ClN.3ClH.2Ti/c2*1-12-9-15(4)19(22(21)20(6,7)8)17(10-12)18-14(3)11-13(2)16(18)5;;;;;/h2*9-11,15H,1-8H3;3*1H;;/q2*+1;;;;;+3/p-3. The van der Waals surface area contributed by atoms with Crippen LogP contribution in [0.25, 0.3) is 0 Å². The predicted octanol–water partition coefficient (Wildman–Crippen LogP) is 2.84. The molecule has 0 N–H and O–H groups in total. The Morgan fingerprint density at radius 2 is 0.959 bits per heavy atom. The molecule has 0 saturated carbocycles. The fourth-order valence-electron chi connectivity index (χ4n) is 7.12. The first-order valence-corrected chi connectivity index (χ1v) is 18.8. The van der Waals surface area contributed by atoms with Crippen LogP contribution in [0, 0.1) is 11.8 Å². The molecule has 4 atom stereocenters. The van der Waals surface area contributed by atoms with Crippen LogP contribution >= 0.6 is 23.6 Å². The van der Waals surface area contributed by atoms with Gasteiger partial charge in [0.25, 0.3) is 0 Å². The maximum atomic E-state index is 6.84. The summed E-state index contributed by atoms with van der Waals surface area (Å²) in [5.74, 6) is 0.620. The molecule has 0 aromatic carbocycles. The third-order valence-corrected chi connectivity index (χ3v) is 14.6. The van der Waals surface area contributed by atoms with Crippen LogP contribution in [0.2, 0.25) is 7.44 Å². The molecule has 2 nitrogen and oxygen atoms in total. The molecule has 0 aliphatic heterocycles. The minimum atomic E-state index is -0.122. The smallest absolute Gasteiger partial charge is 1.00 e. The molecule has 0 saturated heterocycles. The summed E-state index contributed by atoms with van der Waals surface area (Å²) >= 11 is 18.4. The number of nitrogens with zero attached hydrogens (tertiary/aromatic N) is 2. The molecule has 0 spiro atoms. The Morgan fingerprint density at radius 3 is 1.29 bits per heavy atom. The second-order valence-electron chi connectivity index (χ2n) is 16.0. The van der Waals surface area contributed by atoms with E-state index >= 15 is 0 Å². The SMILES string of the molecule is CC1=CC(C)C(=[N+](Cl)C(C)(C)C)C([C]2([Ti+3])C(C)=CC(C)=C2C)=C1.CC1=CC(C)C(=[N+](Cl)C(C)(C)C)C([C]2([Ti])C(C)=CC(C)=C2C)=C1.[Cl-].[Cl-].[Cl-]. The Morgan fingerprint density at radius 1 is 0.612 bits per heavy atom. The molecule has 0 radical (unpaired) electrons. The van der Waals surface area contributed by atoms with Crippen molar-refractivity contribution in [1.82, 2.24) is 0 Å². The topological polar surface area (TPSA) is 6.02 Å². The first-order valence-electron chi connectivity index (χ1n) is 16.5. The van der Waals surface area contributed by atoms with Crippen molar-refractivity contribution in [3.05, 3.63) is 92.2 Å². The zero-order valence-corrected chi connectivity index (χ0v) is 39.3. The van der Waals surface area contributed by atoms with Gasteiger partial charge in [-0.3, -0.25) is 0 Å². The van der Waals surface area contributed by atoms with Crippen molar-refractivity contribution in [2.75, 3.05) is 0 Å². The minimum absolute atomic E-state index is 0. The molecule has 0 amide bonds. The average molecular weight is 838 g/mol. The van der Waals surface area contributed by atoms with E-state index in [9.17, 15) is 0 Å². The van der Waals surface area contributed by atoms with Crippen molar-refractivity contribution in [3.8, 4) is 0 Å². The van der Waals surface area contributed by atoms with Gasteiger partial charge in [0.1, 0.15) is 0 Å². The molecular formula is C40H56Cl5N2Ti2+2. The number of halogens is 5. The zero-order chi connectivity index (χ0) is 35.5. The van der Waals surface area contributed by atoms with Crippen LogP contribution in [0.3, 0.4) is 0 Å². The fourth-order valence-corrected chi connectivity index (χ4v) is 9.08. The Labute approximate surface area is 351 Å². The number of hydrogen-bond acceptors (Lipinski definition) is 0. The van der Waals surface area contributed by atoms with E-state index in [1.165, 1.54) is 67.2 Å². The van der Waals surface area contributed by atoms with E-state index in [1.54, 1.807) is 0 Å². The molecule has 0 fully saturated rings. The van der Waals surface area contributed by atoms with Gasteiger partial charge in [-0.25, -0.2) is 0 Å². The largest absolute Gasteiger partial charge is 1.00 e. The summed E-state index contributed by atoms with van der Waals surface area (Å²) in [5.41, 5.74) is 16.0. The molecule has 4 aliphatic carbocycles. The molecular weight excluding hydrogens is 781 g/mol. The molecule has 0 heterocycles. The first kappa shape index (κ1) is 49.1. The minimum Gasteiger partial charge on any atom is -1.00 e. The summed E-state index contributed by atoms with van der Waals surface area (Å²) in [5, 5.41) is 0. The van der Waals surface area contributed by atoms with Crippen molar-refractivity contribution >= 4 is 35.0 Å². The van der Waals surface area contributed by atoms with Crippen LogP contribution in [0.4, 0.5) is 0 Å². The van der Waals surface area contributed by atoms with Crippen molar-refractivity contribution in [1.29, 1.82) is 0 Å². The predicted molar refractivity (Wildman–Crippen MR) is 193 cm³/mol. The van der Waals surface area contributed by atoms with Gasteiger partial charge in [-0.15, -0.1) is 0 Å². The summed E-state index contributed by atoms with van der Waals surface area (Å²) in [4.78, 5) is 0. The number of hydrogen-bond donors (Lipinski definition) is 0. The van der Waals surface area contributed by atoms with E-state index in [0.717, 1.165) is 0 Å². The van der Waals surface area contributed by atoms with Gasteiger partial charge in [-0.1, -0.05) is 0 Å². The van der Waals surface area contributed by atoms with Crippen LogP contribution in [-0.4, -0.2) is 30.7 Å². The summed E-state index contributed by atoms with van der Waals surface area (Å²) in [7, 11) is 0. The molecule has 0 bridgehead atoms. The maximum absolute atomic E-state index is 6.84. The van der Waals surface area contributed by atoms with Gasteiger partial charge in [0.2, 0.25) is 0 Å². The van der Waals surface area contributed by atoms with Crippen LogP contribution in [-0.2, 0) is 40.9 Å². The Hall–Kier alpha value is 0.139. The van der Waals surface area contributed by atoms with Crippen molar-refractivity contribution in [3.63, 3.8) is 0 Å². The van der Waals surface area contributed by atoms with Gasteiger partial charge in [-0.05, 0) is 0 Å². The van der Waals surface area contributed by atoms with Gasteiger partial charge in [0, 0.05) is 0 Å². The Balaban J connectivity index is 0.000000886. The zero-order valence-electron chi connectivity index (χ0n) is 32.4.